The third kappa shape index (κ3) is 3.52. The van der Waals surface area contributed by atoms with E-state index in [4.69, 9.17) is 0 Å². The number of nitrogens with zero attached hydrogens (tertiary/aromatic N) is 2. The summed E-state index contributed by atoms with van der Waals surface area (Å²) in [4.78, 5) is 0. The number of aromatic nitrogens is 2. The molecule has 0 amide bonds. The van der Waals surface area contributed by atoms with Gasteiger partial charge in [0.15, 0.2) is 0 Å². The van der Waals surface area contributed by atoms with Crippen LogP contribution >= 0.6 is 11.3 Å². The zero-order chi connectivity index (χ0) is 16.2. The van der Waals surface area contributed by atoms with E-state index < -0.39 is 6.10 Å². The second kappa shape index (κ2) is 7.08. The summed E-state index contributed by atoms with van der Waals surface area (Å²) in [5.41, 5.74) is 5.37. The number of hydrogen-bond acceptors (Lipinski definition) is 4. The predicted molar refractivity (Wildman–Crippen MR) is 94.0 cm³/mol. The zero-order valence-corrected chi connectivity index (χ0v) is 14.2. The Morgan fingerprint density at radius 3 is 2.70 bits per heavy atom. The van der Waals surface area contributed by atoms with E-state index >= 15 is 0 Å². The van der Waals surface area contributed by atoms with Crippen LogP contribution in [0.4, 0.5) is 0 Å². The van der Waals surface area contributed by atoms with Crippen LogP contribution in [-0.2, 0) is 6.54 Å². The lowest BCUT2D eigenvalue weighted by atomic mass is 10.1. The maximum atomic E-state index is 10.1. The Morgan fingerprint density at radius 2 is 2.00 bits per heavy atom. The fourth-order valence-electron chi connectivity index (χ4n) is 2.67. The first-order valence-electron chi connectivity index (χ1n) is 7.68. The van der Waals surface area contributed by atoms with Gasteiger partial charge in [-0.05, 0) is 48.4 Å². The Morgan fingerprint density at radius 1 is 1.22 bits per heavy atom. The molecule has 1 atom stereocenters. The molecule has 3 rings (SSSR count). The number of para-hydroxylation sites is 1. The number of aryl methyl sites for hydroxylation is 1. The highest BCUT2D eigenvalue weighted by Crippen LogP contribution is 2.19. The molecular formula is C18H21N3OS. The molecule has 1 unspecified atom stereocenters. The molecule has 3 aromatic rings. The van der Waals surface area contributed by atoms with E-state index in [0.29, 0.717) is 13.1 Å². The molecule has 0 aliphatic rings. The molecule has 0 saturated carbocycles. The minimum absolute atomic E-state index is 0.467. The van der Waals surface area contributed by atoms with Gasteiger partial charge in [0.1, 0.15) is 0 Å². The highest BCUT2D eigenvalue weighted by atomic mass is 32.1. The van der Waals surface area contributed by atoms with Crippen molar-refractivity contribution in [3.05, 3.63) is 69.7 Å². The summed E-state index contributed by atoms with van der Waals surface area (Å²) in [5, 5.41) is 22.1. The number of nitrogens with one attached hydrogen (secondary N) is 1. The van der Waals surface area contributed by atoms with Gasteiger partial charge in [-0.3, -0.25) is 0 Å². The maximum absolute atomic E-state index is 10.1. The largest absolute Gasteiger partial charge is 0.387 e. The molecule has 120 valence electrons. The van der Waals surface area contributed by atoms with Crippen LogP contribution in [0.25, 0.3) is 5.69 Å². The summed E-state index contributed by atoms with van der Waals surface area (Å²) in [5.74, 6) is 0. The van der Waals surface area contributed by atoms with Crippen molar-refractivity contribution < 1.29 is 5.11 Å². The van der Waals surface area contributed by atoms with E-state index in [1.165, 1.54) is 5.56 Å². The van der Waals surface area contributed by atoms with Crippen molar-refractivity contribution in [2.45, 2.75) is 26.5 Å². The van der Waals surface area contributed by atoms with Gasteiger partial charge in [0, 0.05) is 24.3 Å². The van der Waals surface area contributed by atoms with Crippen molar-refractivity contribution in [3.63, 3.8) is 0 Å². The Hall–Kier alpha value is -1.95. The van der Waals surface area contributed by atoms with Gasteiger partial charge >= 0.3 is 0 Å². The molecule has 0 aliphatic carbocycles. The van der Waals surface area contributed by atoms with Crippen LogP contribution in [0.3, 0.4) is 0 Å². The molecule has 0 saturated heterocycles. The smallest absolute Gasteiger partial charge is 0.0922 e. The minimum Gasteiger partial charge on any atom is -0.387 e. The van der Waals surface area contributed by atoms with Gasteiger partial charge in [-0.15, -0.1) is 0 Å². The minimum atomic E-state index is -0.467. The van der Waals surface area contributed by atoms with E-state index in [-0.39, 0.29) is 0 Å². The third-order valence-corrected chi connectivity index (χ3v) is 4.71. The van der Waals surface area contributed by atoms with E-state index in [1.807, 2.05) is 46.6 Å². The van der Waals surface area contributed by atoms with Crippen LogP contribution in [0.5, 0.6) is 0 Å². The average molecular weight is 327 g/mol. The second-order valence-corrected chi connectivity index (χ2v) is 6.38. The third-order valence-electron chi connectivity index (χ3n) is 4.01. The normalized spacial score (nSPS) is 12.5. The highest BCUT2D eigenvalue weighted by molar-refractivity contribution is 7.07. The number of hydrogen-bond donors (Lipinski definition) is 2. The van der Waals surface area contributed by atoms with Gasteiger partial charge in [0.25, 0.3) is 0 Å². The molecule has 2 heterocycles. The average Bonchev–Trinajstić information content (AvgIpc) is 3.19. The van der Waals surface area contributed by atoms with Crippen molar-refractivity contribution in [1.82, 2.24) is 15.1 Å². The number of benzene rings is 1. The number of aliphatic hydroxyl groups is 1. The topological polar surface area (TPSA) is 50.1 Å². The molecule has 1 aromatic carbocycles. The van der Waals surface area contributed by atoms with Crippen LogP contribution in [0.15, 0.2) is 47.2 Å². The first kappa shape index (κ1) is 15.9. The summed E-state index contributed by atoms with van der Waals surface area (Å²) in [6.45, 7) is 5.34. The van der Waals surface area contributed by atoms with E-state index in [0.717, 1.165) is 22.6 Å². The summed E-state index contributed by atoms with van der Waals surface area (Å²) in [7, 11) is 0. The van der Waals surface area contributed by atoms with Crippen LogP contribution in [0, 0.1) is 13.8 Å². The Labute approximate surface area is 140 Å². The molecule has 2 N–H and O–H groups in total. The Kier molecular flexibility index (Phi) is 4.91. The van der Waals surface area contributed by atoms with Crippen molar-refractivity contribution >= 4 is 11.3 Å². The zero-order valence-electron chi connectivity index (χ0n) is 13.4. The SMILES string of the molecule is Cc1nn(-c2ccccc2)c(C)c1CNCC(O)c1ccsc1. The van der Waals surface area contributed by atoms with Gasteiger partial charge < -0.3 is 10.4 Å². The summed E-state index contributed by atoms with van der Waals surface area (Å²) >= 11 is 1.60. The Bertz CT molecular complexity index is 750. The lowest BCUT2D eigenvalue weighted by Gasteiger charge is -2.11. The first-order chi connectivity index (χ1) is 11.2. The molecule has 0 fully saturated rings. The summed E-state index contributed by atoms with van der Waals surface area (Å²) < 4.78 is 1.97. The standard InChI is InChI=1S/C18H21N3OS/c1-13-17(10-19-11-18(22)15-8-9-23-12-15)14(2)21(20-13)16-6-4-3-5-7-16/h3-9,12,18-19,22H,10-11H2,1-2H3. The van der Waals surface area contributed by atoms with Gasteiger partial charge in [-0.25, -0.2) is 4.68 Å². The predicted octanol–water partition coefficient (Wildman–Crippen LogP) is 3.37. The summed E-state index contributed by atoms with van der Waals surface area (Å²) in [6, 6.07) is 12.1. The molecule has 5 heteroatoms. The number of rotatable bonds is 6. The van der Waals surface area contributed by atoms with Gasteiger partial charge in [-0.2, -0.15) is 16.4 Å². The quantitative estimate of drug-likeness (QED) is 0.730. The molecule has 0 radical (unpaired) electrons. The van der Waals surface area contributed by atoms with E-state index in [1.54, 1.807) is 11.3 Å². The van der Waals surface area contributed by atoms with E-state index in [2.05, 4.69) is 29.5 Å². The Balaban J connectivity index is 1.68. The van der Waals surface area contributed by atoms with Crippen molar-refractivity contribution in [2.75, 3.05) is 6.54 Å². The molecule has 2 aromatic heterocycles. The maximum Gasteiger partial charge on any atom is 0.0922 e. The lowest BCUT2D eigenvalue weighted by Crippen LogP contribution is -2.21. The van der Waals surface area contributed by atoms with Gasteiger partial charge in [0.05, 0.1) is 17.5 Å². The fourth-order valence-corrected chi connectivity index (χ4v) is 3.37. The molecular weight excluding hydrogens is 306 g/mol. The first-order valence-corrected chi connectivity index (χ1v) is 8.62. The van der Waals surface area contributed by atoms with Crippen LogP contribution < -0.4 is 5.32 Å². The molecule has 0 spiro atoms. The lowest BCUT2D eigenvalue weighted by molar-refractivity contribution is 0.175. The fraction of sp³-hybridized carbons (Fsp3) is 0.278. The van der Waals surface area contributed by atoms with Crippen molar-refractivity contribution in [1.29, 1.82) is 0 Å². The van der Waals surface area contributed by atoms with Gasteiger partial charge in [-0.1, -0.05) is 18.2 Å². The van der Waals surface area contributed by atoms with Crippen molar-refractivity contribution in [3.8, 4) is 5.69 Å². The molecule has 0 aliphatic heterocycles. The molecule has 0 bridgehead atoms. The molecule has 4 nitrogen and oxygen atoms in total. The highest BCUT2D eigenvalue weighted by Gasteiger charge is 2.13. The van der Waals surface area contributed by atoms with Gasteiger partial charge in [0.2, 0.25) is 0 Å². The summed E-state index contributed by atoms with van der Waals surface area (Å²) in [6.07, 6.45) is -0.467. The number of aliphatic hydroxyl groups excluding tert-OH is 1. The van der Waals surface area contributed by atoms with Crippen LogP contribution in [0.1, 0.15) is 28.6 Å². The van der Waals surface area contributed by atoms with Crippen LogP contribution in [0.2, 0.25) is 0 Å². The van der Waals surface area contributed by atoms with Crippen LogP contribution in [-0.4, -0.2) is 21.4 Å². The monoisotopic (exact) mass is 327 g/mol. The second-order valence-electron chi connectivity index (χ2n) is 5.60. The van der Waals surface area contributed by atoms with Crippen molar-refractivity contribution in [2.24, 2.45) is 0 Å². The molecule has 23 heavy (non-hydrogen) atoms. The number of thiophene rings is 1. The van der Waals surface area contributed by atoms with E-state index in [9.17, 15) is 5.11 Å².